The third-order valence-electron chi connectivity index (χ3n) is 9.53. The van der Waals surface area contributed by atoms with Crippen LogP contribution in [-0.4, -0.2) is 15.0 Å². The average Bonchev–Trinajstić information content (AvgIpc) is 3.24. The van der Waals surface area contributed by atoms with Gasteiger partial charge < -0.3 is 0 Å². The molecule has 2 heterocycles. The first kappa shape index (κ1) is 31.0. The van der Waals surface area contributed by atoms with E-state index in [0.717, 1.165) is 55.7 Å². The van der Waals surface area contributed by atoms with Crippen molar-refractivity contribution in [1.29, 1.82) is 0 Å². The fourth-order valence-corrected chi connectivity index (χ4v) is 6.87. The Morgan fingerprint density at radius 1 is 0.288 bits per heavy atom. The maximum absolute atomic E-state index is 5.17. The van der Waals surface area contributed by atoms with Gasteiger partial charge in [0, 0.05) is 17.1 Å². The van der Waals surface area contributed by atoms with E-state index in [9.17, 15) is 0 Å². The van der Waals surface area contributed by atoms with E-state index in [4.69, 9.17) is 15.0 Å². The lowest BCUT2D eigenvalue weighted by Crippen LogP contribution is -1.97. The second-order valence-electron chi connectivity index (χ2n) is 12.9. The summed E-state index contributed by atoms with van der Waals surface area (Å²) in [6.07, 6.45) is 1.86. The Balaban J connectivity index is 1.06. The second-order valence-corrected chi connectivity index (χ2v) is 12.9. The van der Waals surface area contributed by atoms with Crippen molar-refractivity contribution in [1.82, 2.24) is 15.0 Å². The number of para-hydroxylation sites is 1. The first-order valence-corrected chi connectivity index (χ1v) is 17.5. The lowest BCUT2D eigenvalue weighted by Gasteiger charge is -2.12. The number of hydrogen-bond donors (Lipinski definition) is 0. The Morgan fingerprint density at radius 3 is 1.23 bits per heavy atom. The third-order valence-corrected chi connectivity index (χ3v) is 9.53. The van der Waals surface area contributed by atoms with E-state index in [1.165, 1.54) is 27.8 Å². The van der Waals surface area contributed by atoms with Crippen LogP contribution in [0.1, 0.15) is 0 Å². The van der Waals surface area contributed by atoms with Crippen LogP contribution >= 0.6 is 0 Å². The van der Waals surface area contributed by atoms with Gasteiger partial charge in [-0.15, -0.1) is 0 Å². The summed E-state index contributed by atoms with van der Waals surface area (Å²) < 4.78 is 0. The summed E-state index contributed by atoms with van der Waals surface area (Å²) in [4.78, 5) is 15.0. The molecule has 244 valence electrons. The van der Waals surface area contributed by atoms with Crippen LogP contribution in [0.2, 0.25) is 0 Å². The highest BCUT2D eigenvalue weighted by atomic mass is 14.9. The first-order valence-electron chi connectivity index (χ1n) is 17.5. The van der Waals surface area contributed by atoms with Crippen LogP contribution in [0.5, 0.6) is 0 Å². The molecule has 0 unspecified atom stereocenters. The van der Waals surface area contributed by atoms with E-state index >= 15 is 0 Å². The summed E-state index contributed by atoms with van der Waals surface area (Å²) in [5.74, 6) is 0.670. The Morgan fingerprint density at radius 2 is 0.692 bits per heavy atom. The third kappa shape index (κ3) is 6.28. The lowest BCUT2D eigenvalue weighted by molar-refractivity contribution is 1.20. The molecular weight excluding hydrogens is 631 g/mol. The molecule has 3 nitrogen and oxygen atoms in total. The molecule has 52 heavy (non-hydrogen) atoms. The minimum atomic E-state index is 0.670. The van der Waals surface area contributed by atoms with Gasteiger partial charge >= 0.3 is 0 Å². The van der Waals surface area contributed by atoms with E-state index in [-0.39, 0.29) is 0 Å². The van der Waals surface area contributed by atoms with E-state index in [2.05, 4.69) is 164 Å². The molecule has 3 heteroatoms. The van der Waals surface area contributed by atoms with Gasteiger partial charge in [0.25, 0.3) is 0 Å². The van der Waals surface area contributed by atoms with Crippen molar-refractivity contribution < 1.29 is 0 Å². The number of nitrogens with zero attached hydrogens (tertiary/aromatic N) is 3. The molecule has 7 aromatic carbocycles. The molecule has 0 amide bonds. The van der Waals surface area contributed by atoms with E-state index in [0.29, 0.717) is 5.82 Å². The van der Waals surface area contributed by atoms with Gasteiger partial charge in [0.2, 0.25) is 0 Å². The van der Waals surface area contributed by atoms with Crippen molar-refractivity contribution in [2.45, 2.75) is 0 Å². The zero-order valence-electron chi connectivity index (χ0n) is 28.4. The predicted molar refractivity (Wildman–Crippen MR) is 215 cm³/mol. The van der Waals surface area contributed by atoms with Gasteiger partial charge in [-0.05, 0) is 98.1 Å². The zero-order valence-corrected chi connectivity index (χ0v) is 28.4. The molecule has 0 atom stereocenters. The molecule has 0 aliphatic carbocycles. The lowest BCUT2D eigenvalue weighted by atomic mass is 9.94. The van der Waals surface area contributed by atoms with Crippen LogP contribution in [0.3, 0.4) is 0 Å². The average molecular weight is 664 g/mol. The summed E-state index contributed by atoms with van der Waals surface area (Å²) >= 11 is 0. The van der Waals surface area contributed by atoms with Crippen molar-refractivity contribution in [2.75, 3.05) is 0 Å². The van der Waals surface area contributed by atoms with E-state index < -0.39 is 0 Å². The molecule has 0 radical (unpaired) electrons. The minimum Gasteiger partial charge on any atom is -0.255 e. The van der Waals surface area contributed by atoms with Crippen LogP contribution in [-0.2, 0) is 0 Å². The van der Waals surface area contributed by atoms with Crippen LogP contribution in [0.4, 0.5) is 0 Å². The van der Waals surface area contributed by atoms with Gasteiger partial charge in [0.15, 0.2) is 5.82 Å². The molecule has 2 aromatic heterocycles. The molecule has 0 saturated carbocycles. The van der Waals surface area contributed by atoms with Crippen LogP contribution in [0, 0.1) is 0 Å². The highest BCUT2D eigenvalue weighted by molar-refractivity contribution is 5.93. The van der Waals surface area contributed by atoms with Gasteiger partial charge in [-0.25, -0.2) is 9.97 Å². The van der Waals surface area contributed by atoms with Gasteiger partial charge in [0.05, 0.1) is 11.2 Å². The standard InChI is InChI=1S/C49H33N3/c1-3-13-34(14-4-1)36-17-9-18-37(29-36)38-19-10-20-39(30-38)40-21-11-22-41(31-40)42-23-12-24-44(32-42)49-51-46-26-8-7-25-45(46)48(52-49)47-33-43(27-28-50-47)35-15-5-2-6-16-35/h1-33H. The number of aromatic nitrogens is 3. The molecule has 0 spiro atoms. The zero-order chi connectivity index (χ0) is 34.7. The van der Waals surface area contributed by atoms with E-state index in [1.807, 2.05) is 36.5 Å². The Hall–Kier alpha value is -6.97. The van der Waals surface area contributed by atoms with E-state index in [1.54, 1.807) is 0 Å². The fourth-order valence-electron chi connectivity index (χ4n) is 6.87. The monoisotopic (exact) mass is 663 g/mol. The number of rotatable bonds is 7. The summed E-state index contributed by atoms with van der Waals surface area (Å²) in [5.41, 5.74) is 15.1. The van der Waals surface area contributed by atoms with Crippen LogP contribution in [0.25, 0.3) is 89.3 Å². The molecule has 0 aliphatic rings. The predicted octanol–water partition coefficient (Wildman–Crippen LogP) is 12.7. The van der Waals surface area contributed by atoms with Crippen molar-refractivity contribution in [3.05, 3.63) is 200 Å². The summed E-state index contributed by atoms with van der Waals surface area (Å²) in [6, 6.07) is 68.1. The molecule has 0 aliphatic heterocycles. The minimum absolute atomic E-state index is 0.670. The Bertz CT molecular complexity index is 2680. The molecule has 0 saturated heterocycles. The van der Waals surface area contributed by atoms with Crippen LogP contribution in [0.15, 0.2) is 200 Å². The van der Waals surface area contributed by atoms with Crippen molar-refractivity contribution in [2.24, 2.45) is 0 Å². The first-order chi connectivity index (χ1) is 25.7. The van der Waals surface area contributed by atoms with Gasteiger partial charge in [-0.3, -0.25) is 4.98 Å². The van der Waals surface area contributed by atoms with Crippen LogP contribution < -0.4 is 0 Å². The maximum atomic E-state index is 5.17. The number of fused-ring (bicyclic) bond motifs is 1. The normalized spacial score (nSPS) is 11.1. The number of hydrogen-bond acceptors (Lipinski definition) is 3. The summed E-state index contributed by atoms with van der Waals surface area (Å²) in [7, 11) is 0. The summed E-state index contributed by atoms with van der Waals surface area (Å²) in [5, 5.41) is 0.974. The highest BCUT2D eigenvalue weighted by Gasteiger charge is 2.14. The topological polar surface area (TPSA) is 38.7 Å². The molecule has 0 fully saturated rings. The maximum Gasteiger partial charge on any atom is 0.160 e. The quantitative estimate of drug-likeness (QED) is 0.170. The number of pyridine rings is 1. The van der Waals surface area contributed by atoms with Crippen molar-refractivity contribution in [3.8, 4) is 78.4 Å². The fraction of sp³-hybridized carbons (Fsp3) is 0. The van der Waals surface area contributed by atoms with Gasteiger partial charge in [-0.2, -0.15) is 0 Å². The largest absolute Gasteiger partial charge is 0.255 e. The molecular formula is C49H33N3. The highest BCUT2D eigenvalue weighted by Crippen LogP contribution is 2.34. The van der Waals surface area contributed by atoms with Crippen molar-refractivity contribution >= 4 is 10.9 Å². The Labute approximate surface area is 303 Å². The second kappa shape index (κ2) is 13.7. The van der Waals surface area contributed by atoms with Gasteiger partial charge in [-0.1, -0.05) is 152 Å². The summed E-state index contributed by atoms with van der Waals surface area (Å²) in [6.45, 7) is 0. The molecule has 9 aromatic rings. The van der Waals surface area contributed by atoms with Crippen molar-refractivity contribution in [3.63, 3.8) is 0 Å². The molecule has 9 rings (SSSR count). The number of benzene rings is 7. The molecule has 0 N–H and O–H groups in total. The molecule has 0 bridgehead atoms. The van der Waals surface area contributed by atoms with Gasteiger partial charge in [0.1, 0.15) is 5.69 Å². The SMILES string of the molecule is c1ccc(-c2cccc(-c3cccc(-c4cccc(-c5cccc(-c6nc(-c7cc(-c8ccccc8)ccn7)c7ccccc7n6)c5)c4)c3)c2)cc1. The smallest absolute Gasteiger partial charge is 0.160 e. The Kier molecular flexibility index (Phi) is 8.20.